The van der Waals surface area contributed by atoms with Crippen LogP contribution in [-0.4, -0.2) is 31.1 Å². The highest BCUT2D eigenvalue weighted by Crippen LogP contribution is 2.52. The van der Waals surface area contributed by atoms with Crippen molar-refractivity contribution < 1.29 is 19.0 Å². The van der Waals surface area contributed by atoms with Crippen molar-refractivity contribution >= 4 is 5.97 Å². The van der Waals surface area contributed by atoms with Crippen LogP contribution < -0.4 is 0 Å². The summed E-state index contributed by atoms with van der Waals surface area (Å²) in [5.74, 6) is -1.10. The van der Waals surface area contributed by atoms with Gasteiger partial charge in [0.2, 0.25) is 0 Å². The molecule has 1 saturated carbocycles. The Bertz CT molecular complexity index is 285. The molecule has 0 amide bonds. The lowest BCUT2D eigenvalue weighted by Gasteiger charge is -2.35. The minimum absolute atomic E-state index is 0.0420. The number of rotatable bonds is 2. The highest BCUT2D eigenvalue weighted by molar-refractivity contribution is 5.77. The number of ether oxygens (including phenoxy) is 3. The fourth-order valence-corrected chi connectivity index (χ4v) is 1.84. The lowest BCUT2D eigenvalue weighted by Crippen LogP contribution is -2.41. The summed E-state index contributed by atoms with van der Waals surface area (Å²) in [6, 6.07) is 0. The Morgan fingerprint density at radius 3 is 2.38 bits per heavy atom. The Morgan fingerprint density at radius 2 is 1.88 bits per heavy atom. The first-order chi connectivity index (χ1) is 7.35. The average molecular weight is 228 g/mol. The zero-order chi connectivity index (χ0) is 12.0. The van der Waals surface area contributed by atoms with Gasteiger partial charge in [0.1, 0.15) is 5.92 Å². The smallest absolute Gasteiger partial charge is 0.314 e. The van der Waals surface area contributed by atoms with Crippen LogP contribution in [0.1, 0.15) is 34.1 Å². The fraction of sp³-hybridized carbons (Fsp3) is 0.917. The molecule has 4 nitrogen and oxygen atoms in total. The molecule has 2 aliphatic rings. The van der Waals surface area contributed by atoms with Crippen molar-refractivity contribution in [2.75, 3.05) is 13.2 Å². The molecular formula is C12H20O4. The topological polar surface area (TPSA) is 44.8 Å². The summed E-state index contributed by atoms with van der Waals surface area (Å²) in [6.45, 7) is 9.14. The molecule has 1 saturated heterocycles. The first-order valence-corrected chi connectivity index (χ1v) is 5.83. The fourth-order valence-electron chi connectivity index (χ4n) is 1.84. The van der Waals surface area contributed by atoms with E-state index < -0.39 is 5.79 Å². The molecule has 0 aromatic carbocycles. The van der Waals surface area contributed by atoms with Gasteiger partial charge >= 0.3 is 5.97 Å². The zero-order valence-electron chi connectivity index (χ0n) is 10.4. The van der Waals surface area contributed by atoms with E-state index in [2.05, 4.69) is 13.8 Å². The molecule has 0 bridgehead atoms. The molecule has 1 aliphatic carbocycles. The van der Waals surface area contributed by atoms with Gasteiger partial charge in [-0.15, -0.1) is 0 Å². The first kappa shape index (κ1) is 11.9. The van der Waals surface area contributed by atoms with E-state index in [1.54, 1.807) is 0 Å². The van der Waals surface area contributed by atoms with Crippen LogP contribution in [0.4, 0.5) is 0 Å². The second kappa shape index (κ2) is 3.70. The number of carbonyl (C=O) groups excluding carboxylic acids is 1. The van der Waals surface area contributed by atoms with E-state index in [4.69, 9.17) is 14.2 Å². The molecule has 1 atom stereocenters. The third-order valence-corrected chi connectivity index (χ3v) is 2.91. The van der Waals surface area contributed by atoms with Crippen LogP contribution in [0.2, 0.25) is 0 Å². The summed E-state index contributed by atoms with van der Waals surface area (Å²) in [4.78, 5) is 11.7. The molecule has 0 unspecified atom stereocenters. The average Bonchev–Trinajstić information content (AvgIpc) is 2.85. The predicted molar refractivity (Wildman–Crippen MR) is 57.8 cm³/mol. The van der Waals surface area contributed by atoms with Gasteiger partial charge in [-0.1, -0.05) is 13.8 Å². The number of hydrogen-bond donors (Lipinski definition) is 0. The van der Waals surface area contributed by atoms with Gasteiger partial charge in [0.15, 0.2) is 5.79 Å². The van der Waals surface area contributed by atoms with Gasteiger partial charge in [-0.3, -0.25) is 4.79 Å². The molecule has 0 aromatic rings. The third kappa shape index (κ3) is 2.23. The zero-order valence-corrected chi connectivity index (χ0v) is 10.4. The minimum Gasteiger partial charge on any atom is -0.463 e. The SMILES string of the molecule is CC(C)OC(=O)[C@@H]1CC12OCC(C)(C)CO2. The van der Waals surface area contributed by atoms with Crippen LogP contribution >= 0.6 is 0 Å². The highest BCUT2D eigenvalue weighted by atomic mass is 16.7. The van der Waals surface area contributed by atoms with E-state index in [0.717, 1.165) is 0 Å². The Kier molecular flexibility index (Phi) is 2.75. The van der Waals surface area contributed by atoms with Crippen molar-refractivity contribution in [3.05, 3.63) is 0 Å². The van der Waals surface area contributed by atoms with Crippen molar-refractivity contribution in [3.8, 4) is 0 Å². The van der Waals surface area contributed by atoms with Crippen LogP contribution in [0.5, 0.6) is 0 Å². The van der Waals surface area contributed by atoms with Crippen molar-refractivity contribution in [2.45, 2.75) is 46.0 Å². The van der Waals surface area contributed by atoms with Gasteiger partial charge in [0, 0.05) is 11.8 Å². The first-order valence-electron chi connectivity index (χ1n) is 5.83. The predicted octanol–water partition coefficient (Wildman–Crippen LogP) is 1.73. The maximum Gasteiger partial charge on any atom is 0.314 e. The molecule has 2 rings (SSSR count). The second-order valence-corrected chi connectivity index (χ2v) is 5.80. The molecule has 92 valence electrons. The number of esters is 1. The van der Waals surface area contributed by atoms with Crippen LogP contribution in [0, 0.1) is 11.3 Å². The van der Waals surface area contributed by atoms with E-state index >= 15 is 0 Å². The lowest BCUT2D eigenvalue weighted by atomic mass is 9.95. The van der Waals surface area contributed by atoms with Crippen LogP contribution in [0.15, 0.2) is 0 Å². The standard InChI is InChI=1S/C12H20O4/c1-8(2)16-10(13)9-5-12(9)14-6-11(3,4)7-15-12/h8-9H,5-7H2,1-4H3/t9-/m0/s1. The van der Waals surface area contributed by atoms with Gasteiger partial charge < -0.3 is 14.2 Å². The summed E-state index contributed by atoms with van der Waals surface area (Å²) in [6.07, 6.45) is 0.555. The molecule has 0 N–H and O–H groups in total. The molecule has 4 heteroatoms. The molecule has 0 aromatic heterocycles. The molecule has 1 spiro atoms. The summed E-state index contributed by atoms with van der Waals surface area (Å²) in [5.41, 5.74) is 0.0420. The summed E-state index contributed by atoms with van der Waals surface area (Å²) in [7, 11) is 0. The molecular weight excluding hydrogens is 208 g/mol. The van der Waals surface area contributed by atoms with E-state index in [9.17, 15) is 4.79 Å². The van der Waals surface area contributed by atoms with Gasteiger partial charge in [-0.2, -0.15) is 0 Å². The van der Waals surface area contributed by atoms with Crippen LogP contribution in [0.25, 0.3) is 0 Å². The Labute approximate surface area is 96.2 Å². The maximum atomic E-state index is 11.7. The summed E-state index contributed by atoms with van der Waals surface area (Å²) < 4.78 is 16.5. The third-order valence-electron chi connectivity index (χ3n) is 2.91. The van der Waals surface area contributed by atoms with Crippen LogP contribution in [-0.2, 0) is 19.0 Å². The number of carbonyl (C=O) groups is 1. The molecule has 16 heavy (non-hydrogen) atoms. The monoisotopic (exact) mass is 228 g/mol. The minimum atomic E-state index is -0.665. The van der Waals surface area contributed by atoms with Gasteiger partial charge in [-0.25, -0.2) is 0 Å². The molecule has 1 heterocycles. The highest BCUT2D eigenvalue weighted by Gasteiger charge is 2.64. The maximum absolute atomic E-state index is 11.7. The van der Waals surface area contributed by atoms with E-state index in [1.807, 2.05) is 13.8 Å². The molecule has 1 aliphatic heterocycles. The van der Waals surface area contributed by atoms with Crippen molar-refractivity contribution in [2.24, 2.45) is 11.3 Å². The van der Waals surface area contributed by atoms with Crippen molar-refractivity contribution in [1.29, 1.82) is 0 Å². The van der Waals surface area contributed by atoms with Gasteiger partial charge in [-0.05, 0) is 13.8 Å². The van der Waals surface area contributed by atoms with E-state index in [0.29, 0.717) is 19.6 Å². The quantitative estimate of drug-likeness (QED) is 0.675. The van der Waals surface area contributed by atoms with Crippen molar-refractivity contribution in [1.82, 2.24) is 0 Å². The normalized spacial score (nSPS) is 30.4. The van der Waals surface area contributed by atoms with Crippen molar-refractivity contribution in [3.63, 3.8) is 0 Å². The summed E-state index contributed by atoms with van der Waals surface area (Å²) >= 11 is 0. The van der Waals surface area contributed by atoms with Gasteiger partial charge in [0.25, 0.3) is 0 Å². The number of hydrogen-bond acceptors (Lipinski definition) is 4. The molecule has 2 fully saturated rings. The lowest BCUT2D eigenvalue weighted by molar-refractivity contribution is -0.251. The Morgan fingerprint density at radius 1 is 1.31 bits per heavy atom. The Hall–Kier alpha value is -0.610. The van der Waals surface area contributed by atoms with E-state index in [-0.39, 0.29) is 23.4 Å². The van der Waals surface area contributed by atoms with E-state index in [1.165, 1.54) is 0 Å². The van der Waals surface area contributed by atoms with Crippen LogP contribution in [0.3, 0.4) is 0 Å². The molecule has 0 radical (unpaired) electrons. The second-order valence-electron chi connectivity index (χ2n) is 5.80. The van der Waals surface area contributed by atoms with Gasteiger partial charge in [0.05, 0.1) is 19.3 Å². The largest absolute Gasteiger partial charge is 0.463 e. The summed E-state index contributed by atoms with van der Waals surface area (Å²) in [5, 5.41) is 0. The Balaban J connectivity index is 1.88.